The van der Waals surface area contributed by atoms with E-state index in [2.05, 4.69) is 38.7 Å². The normalized spacial score (nSPS) is 11.8. The van der Waals surface area contributed by atoms with Crippen molar-refractivity contribution in [2.75, 3.05) is 0 Å². The number of pyridine rings is 1. The maximum atomic E-state index is 11.2. The average Bonchev–Trinajstić information content (AvgIpc) is 2.25. The summed E-state index contributed by atoms with van der Waals surface area (Å²) in [6, 6.07) is 6.16. The van der Waals surface area contributed by atoms with E-state index in [0.29, 0.717) is 5.56 Å². The molecule has 0 spiro atoms. The van der Waals surface area contributed by atoms with E-state index in [9.17, 15) is 4.79 Å². The molecule has 0 saturated carbocycles. The lowest BCUT2D eigenvalue weighted by atomic mass is 9.82. The summed E-state index contributed by atoms with van der Waals surface area (Å²) in [5.41, 5.74) is 3.85. The predicted octanol–water partition coefficient (Wildman–Crippen LogP) is 3.65. The number of hydrogen-bond donors (Lipinski definition) is 0. The largest absolute Gasteiger partial charge is 0.298 e. The highest BCUT2D eigenvalue weighted by Gasteiger charge is 2.21. The zero-order valence-corrected chi connectivity index (χ0v) is 10.7. The van der Waals surface area contributed by atoms with E-state index < -0.39 is 0 Å². The van der Waals surface area contributed by atoms with Crippen LogP contribution in [0.15, 0.2) is 24.4 Å². The molecule has 0 atom stereocenters. The van der Waals surface area contributed by atoms with Crippen molar-refractivity contribution in [3.63, 3.8) is 0 Å². The lowest BCUT2D eigenvalue weighted by molar-refractivity contribution is 0.112. The van der Waals surface area contributed by atoms with Crippen molar-refractivity contribution in [3.05, 3.63) is 41.1 Å². The maximum Gasteiger partial charge on any atom is 0.151 e. The maximum absolute atomic E-state index is 11.2. The first-order chi connectivity index (χ1) is 7.93. The first-order valence-corrected chi connectivity index (χ1v) is 5.78. The molecule has 0 bridgehead atoms. The fourth-order valence-electron chi connectivity index (χ4n) is 2.25. The summed E-state index contributed by atoms with van der Waals surface area (Å²) in [4.78, 5) is 15.5. The minimum Gasteiger partial charge on any atom is -0.298 e. The number of carbonyl (C=O) groups is 1. The monoisotopic (exact) mass is 227 g/mol. The van der Waals surface area contributed by atoms with Crippen LogP contribution in [0.1, 0.15) is 42.3 Å². The van der Waals surface area contributed by atoms with Crippen molar-refractivity contribution >= 4 is 17.2 Å². The van der Waals surface area contributed by atoms with E-state index >= 15 is 0 Å². The SMILES string of the molecule is Cc1ccc2ncc(C=O)c(C(C)(C)C)c2c1. The molecule has 0 aliphatic heterocycles. The Balaban J connectivity index is 2.92. The van der Waals surface area contributed by atoms with Gasteiger partial charge in [-0.05, 0) is 30.0 Å². The highest BCUT2D eigenvalue weighted by Crippen LogP contribution is 2.31. The molecule has 17 heavy (non-hydrogen) atoms. The number of aldehydes is 1. The van der Waals surface area contributed by atoms with Gasteiger partial charge < -0.3 is 0 Å². The molecule has 0 saturated heterocycles. The lowest BCUT2D eigenvalue weighted by Crippen LogP contribution is -2.15. The van der Waals surface area contributed by atoms with Crippen LogP contribution in [0.4, 0.5) is 0 Å². The molecule has 0 aliphatic carbocycles. The number of carbonyl (C=O) groups excluding carboxylic acids is 1. The van der Waals surface area contributed by atoms with Gasteiger partial charge in [0.15, 0.2) is 6.29 Å². The van der Waals surface area contributed by atoms with Crippen molar-refractivity contribution in [2.45, 2.75) is 33.1 Å². The Morgan fingerprint density at radius 3 is 2.53 bits per heavy atom. The molecule has 1 aromatic heterocycles. The third-order valence-electron chi connectivity index (χ3n) is 2.93. The van der Waals surface area contributed by atoms with E-state index in [-0.39, 0.29) is 5.41 Å². The molecule has 0 unspecified atom stereocenters. The second-order valence-corrected chi connectivity index (χ2v) is 5.48. The minimum atomic E-state index is -0.0643. The number of aryl methyl sites for hydroxylation is 1. The fourth-order valence-corrected chi connectivity index (χ4v) is 2.25. The molecule has 0 radical (unpaired) electrons. The van der Waals surface area contributed by atoms with Crippen LogP contribution >= 0.6 is 0 Å². The molecule has 0 amide bonds. The number of rotatable bonds is 1. The summed E-state index contributed by atoms with van der Waals surface area (Å²) in [7, 11) is 0. The van der Waals surface area contributed by atoms with Crippen LogP contribution in [0.25, 0.3) is 10.9 Å². The first-order valence-electron chi connectivity index (χ1n) is 5.78. The second kappa shape index (κ2) is 3.95. The van der Waals surface area contributed by atoms with Gasteiger partial charge in [-0.2, -0.15) is 0 Å². The smallest absolute Gasteiger partial charge is 0.151 e. The van der Waals surface area contributed by atoms with Crippen LogP contribution in [0.5, 0.6) is 0 Å². The molecule has 0 aliphatic rings. The molecule has 1 heterocycles. The zero-order valence-electron chi connectivity index (χ0n) is 10.7. The van der Waals surface area contributed by atoms with Crippen molar-refractivity contribution in [1.82, 2.24) is 4.98 Å². The molecule has 2 heteroatoms. The zero-order chi connectivity index (χ0) is 12.6. The standard InChI is InChI=1S/C15H17NO/c1-10-5-6-13-12(7-10)14(15(2,3)4)11(9-17)8-16-13/h5-9H,1-4H3. The van der Waals surface area contributed by atoms with Crippen LogP contribution in [-0.4, -0.2) is 11.3 Å². The van der Waals surface area contributed by atoms with Gasteiger partial charge >= 0.3 is 0 Å². The van der Waals surface area contributed by atoms with Crippen LogP contribution in [-0.2, 0) is 5.41 Å². The quantitative estimate of drug-likeness (QED) is 0.696. The first kappa shape index (κ1) is 11.8. The Morgan fingerprint density at radius 1 is 1.24 bits per heavy atom. The van der Waals surface area contributed by atoms with Crippen LogP contribution < -0.4 is 0 Å². The Hall–Kier alpha value is -1.70. The third kappa shape index (κ3) is 2.07. The molecular formula is C15H17NO. The number of hydrogen-bond acceptors (Lipinski definition) is 2. The molecule has 88 valence electrons. The van der Waals surface area contributed by atoms with Gasteiger partial charge in [-0.3, -0.25) is 9.78 Å². The average molecular weight is 227 g/mol. The van der Waals surface area contributed by atoms with E-state index in [4.69, 9.17) is 0 Å². The van der Waals surface area contributed by atoms with Gasteiger partial charge in [0.2, 0.25) is 0 Å². The summed E-state index contributed by atoms with van der Waals surface area (Å²) in [6.07, 6.45) is 2.57. The number of nitrogens with zero attached hydrogens (tertiary/aromatic N) is 1. The summed E-state index contributed by atoms with van der Waals surface area (Å²) >= 11 is 0. The lowest BCUT2D eigenvalue weighted by Gasteiger charge is -2.23. The van der Waals surface area contributed by atoms with Crippen molar-refractivity contribution in [2.24, 2.45) is 0 Å². The predicted molar refractivity (Wildman–Crippen MR) is 70.6 cm³/mol. The Morgan fingerprint density at radius 2 is 1.94 bits per heavy atom. The van der Waals surface area contributed by atoms with Crippen molar-refractivity contribution in [1.29, 1.82) is 0 Å². The van der Waals surface area contributed by atoms with Gasteiger partial charge in [-0.25, -0.2) is 0 Å². The van der Waals surface area contributed by atoms with Gasteiger partial charge in [0.1, 0.15) is 0 Å². The van der Waals surface area contributed by atoms with Crippen LogP contribution in [0.3, 0.4) is 0 Å². The molecule has 2 aromatic rings. The van der Waals surface area contributed by atoms with Crippen molar-refractivity contribution < 1.29 is 4.79 Å². The summed E-state index contributed by atoms with van der Waals surface area (Å²) in [5, 5.41) is 1.09. The van der Waals surface area contributed by atoms with Crippen LogP contribution in [0.2, 0.25) is 0 Å². The molecule has 0 fully saturated rings. The molecule has 2 rings (SSSR count). The summed E-state index contributed by atoms with van der Waals surface area (Å²) in [5.74, 6) is 0. The molecule has 0 N–H and O–H groups in total. The van der Waals surface area contributed by atoms with Gasteiger partial charge in [0, 0.05) is 17.1 Å². The van der Waals surface area contributed by atoms with Gasteiger partial charge in [0.05, 0.1) is 5.52 Å². The second-order valence-electron chi connectivity index (χ2n) is 5.48. The van der Waals surface area contributed by atoms with E-state index in [0.717, 1.165) is 22.8 Å². The highest BCUT2D eigenvalue weighted by atomic mass is 16.1. The topological polar surface area (TPSA) is 30.0 Å². The third-order valence-corrected chi connectivity index (χ3v) is 2.93. The number of fused-ring (bicyclic) bond motifs is 1. The summed E-state index contributed by atoms with van der Waals surface area (Å²) in [6.45, 7) is 8.42. The highest BCUT2D eigenvalue weighted by molar-refractivity contribution is 5.91. The van der Waals surface area contributed by atoms with E-state index in [1.165, 1.54) is 5.56 Å². The molecule has 1 aromatic carbocycles. The van der Waals surface area contributed by atoms with Crippen molar-refractivity contribution in [3.8, 4) is 0 Å². The minimum absolute atomic E-state index is 0.0643. The number of benzene rings is 1. The van der Waals surface area contributed by atoms with E-state index in [1.807, 2.05) is 12.1 Å². The number of aromatic nitrogens is 1. The van der Waals surface area contributed by atoms with Gasteiger partial charge in [0.25, 0.3) is 0 Å². The van der Waals surface area contributed by atoms with Gasteiger partial charge in [-0.15, -0.1) is 0 Å². The van der Waals surface area contributed by atoms with E-state index in [1.54, 1.807) is 6.20 Å². The Labute approximate surface area is 102 Å². The fraction of sp³-hybridized carbons (Fsp3) is 0.333. The van der Waals surface area contributed by atoms with Gasteiger partial charge in [-0.1, -0.05) is 32.4 Å². The molecular weight excluding hydrogens is 210 g/mol. The Kier molecular flexibility index (Phi) is 2.74. The summed E-state index contributed by atoms with van der Waals surface area (Å²) < 4.78 is 0. The Bertz CT molecular complexity index is 579. The molecule has 2 nitrogen and oxygen atoms in total. The van der Waals surface area contributed by atoms with Crippen LogP contribution in [0, 0.1) is 6.92 Å².